The molecule has 3 atom stereocenters. The van der Waals surface area contributed by atoms with Crippen LogP contribution >= 0.6 is 0 Å². The van der Waals surface area contributed by atoms with E-state index in [2.05, 4.69) is 6.92 Å². The lowest BCUT2D eigenvalue weighted by atomic mass is 9.78. The van der Waals surface area contributed by atoms with E-state index >= 15 is 0 Å². The average molecular weight is 168 g/mol. The van der Waals surface area contributed by atoms with Gasteiger partial charge in [0.25, 0.3) is 0 Å². The van der Waals surface area contributed by atoms with Gasteiger partial charge in [0.2, 0.25) is 0 Å². The van der Waals surface area contributed by atoms with E-state index in [0.717, 1.165) is 19.3 Å². The van der Waals surface area contributed by atoms with E-state index in [1.54, 1.807) is 7.11 Å². The number of fused-ring (bicyclic) bond motifs is 2. The molecule has 68 valence electrons. The van der Waals surface area contributed by atoms with Gasteiger partial charge in [-0.1, -0.05) is 6.92 Å². The van der Waals surface area contributed by atoms with E-state index in [1.807, 2.05) is 6.92 Å². The molecule has 2 nitrogen and oxygen atoms in total. The molecule has 0 N–H and O–H groups in total. The maximum atomic E-state index is 11.9. The number of carbonyl (C=O) groups excluding carboxylic acids is 1. The minimum absolute atomic E-state index is 0.0601. The van der Waals surface area contributed by atoms with Crippen molar-refractivity contribution in [1.82, 2.24) is 0 Å². The summed E-state index contributed by atoms with van der Waals surface area (Å²) in [6.07, 6.45) is 3.26. The van der Waals surface area contributed by atoms with Gasteiger partial charge in [-0.05, 0) is 32.1 Å². The summed E-state index contributed by atoms with van der Waals surface area (Å²) in [5.41, 5.74) is -0.525. The molecule has 0 aliphatic heterocycles. The Bertz CT molecular complexity index is 236. The largest absolute Gasteiger partial charge is 0.370 e. The minimum atomic E-state index is -0.465. The monoisotopic (exact) mass is 168 g/mol. The molecule has 0 saturated heterocycles. The lowest BCUT2D eigenvalue weighted by Crippen LogP contribution is -2.45. The van der Waals surface area contributed by atoms with Crippen molar-refractivity contribution < 1.29 is 9.53 Å². The zero-order valence-electron chi connectivity index (χ0n) is 8.02. The van der Waals surface area contributed by atoms with Crippen molar-refractivity contribution in [2.75, 3.05) is 7.11 Å². The topological polar surface area (TPSA) is 26.3 Å². The van der Waals surface area contributed by atoms with Crippen LogP contribution in [0.3, 0.4) is 0 Å². The van der Waals surface area contributed by atoms with Gasteiger partial charge in [-0.3, -0.25) is 4.79 Å². The first kappa shape index (κ1) is 8.24. The van der Waals surface area contributed by atoms with Crippen LogP contribution in [-0.2, 0) is 9.53 Å². The highest BCUT2D eigenvalue weighted by Crippen LogP contribution is 2.56. The van der Waals surface area contributed by atoms with Crippen molar-refractivity contribution in [3.05, 3.63) is 0 Å². The van der Waals surface area contributed by atoms with Crippen LogP contribution in [0.2, 0.25) is 0 Å². The molecule has 12 heavy (non-hydrogen) atoms. The van der Waals surface area contributed by atoms with Gasteiger partial charge < -0.3 is 4.74 Å². The third-order valence-electron chi connectivity index (χ3n) is 3.94. The summed E-state index contributed by atoms with van der Waals surface area (Å²) in [6.45, 7) is 4.03. The summed E-state index contributed by atoms with van der Waals surface area (Å²) in [5.74, 6) is 0.800. The van der Waals surface area contributed by atoms with Crippen LogP contribution in [0.25, 0.3) is 0 Å². The Labute approximate surface area is 73.3 Å². The van der Waals surface area contributed by atoms with E-state index < -0.39 is 5.60 Å². The fraction of sp³-hybridized carbons (Fsp3) is 0.900. The van der Waals surface area contributed by atoms with E-state index in [-0.39, 0.29) is 5.41 Å². The van der Waals surface area contributed by atoms with E-state index in [1.165, 1.54) is 0 Å². The van der Waals surface area contributed by atoms with Gasteiger partial charge >= 0.3 is 0 Å². The Morgan fingerprint density at radius 3 is 2.50 bits per heavy atom. The summed E-state index contributed by atoms with van der Waals surface area (Å²) in [7, 11) is 1.65. The average Bonchev–Trinajstić information content (AvgIpc) is 2.52. The van der Waals surface area contributed by atoms with Gasteiger partial charge in [0.05, 0.1) is 0 Å². The zero-order valence-corrected chi connectivity index (χ0v) is 8.02. The second-order valence-corrected chi connectivity index (χ2v) is 4.64. The van der Waals surface area contributed by atoms with Crippen molar-refractivity contribution in [1.29, 1.82) is 0 Å². The highest BCUT2D eigenvalue weighted by Gasteiger charge is 2.61. The Morgan fingerprint density at radius 2 is 2.17 bits per heavy atom. The lowest BCUT2D eigenvalue weighted by molar-refractivity contribution is -0.148. The number of ether oxygens (including phenoxy) is 1. The van der Waals surface area contributed by atoms with Crippen molar-refractivity contribution in [3.63, 3.8) is 0 Å². The third-order valence-corrected chi connectivity index (χ3v) is 3.94. The minimum Gasteiger partial charge on any atom is -0.370 e. The van der Waals surface area contributed by atoms with Gasteiger partial charge in [-0.15, -0.1) is 0 Å². The molecule has 3 unspecified atom stereocenters. The number of methoxy groups -OCH3 is 1. The second-order valence-electron chi connectivity index (χ2n) is 4.64. The zero-order chi connectivity index (χ0) is 8.98. The van der Waals surface area contributed by atoms with Gasteiger partial charge in [-0.25, -0.2) is 0 Å². The van der Waals surface area contributed by atoms with Crippen molar-refractivity contribution in [2.45, 2.75) is 38.7 Å². The summed E-state index contributed by atoms with van der Waals surface area (Å²) in [5, 5.41) is 0. The summed E-state index contributed by atoms with van der Waals surface area (Å²) in [4.78, 5) is 11.9. The van der Waals surface area contributed by atoms with Crippen LogP contribution < -0.4 is 0 Å². The molecule has 2 aliphatic carbocycles. The number of hydrogen-bond acceptors (Lipinski definition) is 2. The SMILES string of the molecule is COC1(C)C(=O)C2(C)CCC1C2. The van der Waals surface area contributed by atoms with Crippen LogP contribution in [0.1, 0.15) is 33.1 Å². The summed E-state index contributed by atoms with van der Waals surface area (Å²) in [6, 6.07) is 0. The maximum Gasteiger partial charge on any atom is 0.170 e. The first-order valence-corrected chi connectivity index (χ1v) is 4.63. The molecule has 0 heterocycles. The van der Waals surface area contributed by atoms with Gasteiger partial charge in [0.15, 0.2) is 5.78 Å². The standard InChI is InChI=1S/C10H16O2/c1-9-5-4-7(6-9)10(2,12-3)8(9)11/h7H,4-6H2,1-3H3. The lowest BCUT2D eigenvalue weighted by Gasteiger charge is -2.33. The van der Waals surface area contributed by atoms with Gasteiger partial charge in [-0.2, -0.15) is 0 Å². The van der Waals surface area contributed by atoms with E-state index in [0.29, 0.717) is 11.7 Å². The molecule has 2 rings (SSSR count). The molecule has 0 aromatic heterocycles. The van der Waals surface area contributed by atoms with Crippen LogP contribution in [-0.4, -0.2) is 18.5 Å². The second kappa shape index (κ2) is 2.11. The number of ketones is 1. The fourth-order valence-electron chi connectivity index (χ4n) is 2.96. The third kappa shape index (κ3) is 0.717. The van der Waals surface area contributed by atoms with E-state index in [4.69, 9.17) is 4.74 Å². The number of carbonyl (C=O) groups is 1. The molecule has 2 heteroatoms. The molecule has 0 aromatic rings. The molecule has 0 aromatic carbocycles. The molecule has 0 amide bonds. The Balaban J connectivity index is 2.38. The van der Waals surface area contributed by atoms with Crippen molar-refractivity contribution in [3.8, 4) is 0 Å². The normalized spacial score (nSPS) is 51.9. The Morgan fingerprint density at radius 1 is 1.50 bits per heavy atom. The molecule has 2 fully saturated rings. The number of hydrogen-bond donors (Lipinski definition) is 0. The van der Waals surface area contributed by atoms with Crippen molar-refractivity contribution >= 4 is 5.78 Å². The number of Topliss-reactive ketones (excluding diaryl/α,β-unsaturated/α-hetero) is 1. The van der Waals surface area contributed by atoms with Crippen LogP contribution in [0, 0.1) is 11.3 Å². The van der Waals surface area contributed by atoms with Gasteiger partial charge in [0, 0.05) is 12.5 Å². The molecular formula is C10H16O2. The predicted octanol–water partition coefficient (Wildman–Crippen LogP) is 1.78. The Kier molecular flexibility index (Phi) is 1.45. The molecule has 2 saturated carbocycles. The van der Waals surface area contributed by atoms with Crippen LogP contribution in [0.15, 0.2) is 0 Å². The highest BCUT2D eigenvalue weighted by atomic mass is 16.5. The molecular weight excluding hydrogens is 152 g/mol. The van der Waals surface area contributed by atoms with Crippen molar-refractivity contribution in [2.24, 2.45) is 11.3 Å². The molecule has 2 bridgehead atoms. The van der Waals surface area contributed by atoms with E-state index in [9.17, 15) is 4.79 Å². The molecule has 0 radical (unpaired) electrons. The predicted molar refractivity (Wildman–Crippen MR) is 45.9 cm³/mol. The van der Waals surface area contributed by atoms with Gasteiger partial charge in [0.1, 0.15) is 5.60 Å². The first-order valence-electron chi connectivity index (χ1n) is 4.63. The maximum absolute atomic E-state index is 11.9. The van der Waals surface area contributed by atoms with Crippen LogP contribution in [0.4, 0.5) is 0 Å². The summed E-state index contributed by atoms with van der Waals surface area (Å²) < 4.78 is 5.36. The quantitative estimate of drug-likeness (QED) is 0.596. The molecule has 0 spiro atoms. The number of rotatable bonds is 1. The van der Waals surface area contributed by atoms with Crippen LogP contribution in [0.5, 0.6) is 0 Å². The fourth-order valence-corrected chi connectivity index (χ4v) is 2.96. The summed E-state index contributed by atoms with van der Waals surface area (Å²) >= 11 is 0. The molecule has 2 aliphatic rings. The first-order chi connectivity index (χ1) is 5.53. The Hall–Kier alpha value is -0.370. The smallest absolute Gasteiger partial charge is 0.170 e. The highest BCUT2D eigenvalue weighted by molar-refractivity contribution is 5.95.